The van der Waals surface area contributed by atoms with E-state index in [1.54, 1.807) is 24.5 Å². The van der Waals surface area contributed by atoms with Crippen molar-refractivity contribution >= 4 is 33.5 Å². The average molecular weight is 517 g/mol. The Morgan fingerprint density at radius 3 is 2.89 bits per heavy atom. The number of carbonyl (C=O) groups excluding carboxylic acids is 1. The largest absolute Gasteiger partial charge is 0.365 e. The number of sulfonamides is 1. The first-order valence-corrected chi connectivity index (χ1v) is 13.8. The maximum absolute atomic E-state index is 11.9. The Morgan fingerprint density at radius 1 is 1.25 bits per heavy atom. The Balaban J connectivity index is 1.21. The lowest BCUT2D eigenvalue weighted by molar-refractivity contribution is -0.198. The van der Waals surface area contributed by atoms with Crippen LogP contribution in [0.25, 0.3) is 6.08 Å². The van der Waals surface area contributed by atoms with Gasteiger partial charge in [0.15, 0.2) is 6.29 Å². The normalized spacial score (nSPS) is 20.9. The van der Waals surface area contributed by atoms with E-state index in [-0.39, 0.29) is 6.04 Å². The van der Waals surface area contributed by atoms with Crippen molar-refractivity contribution in [2.24, 2.45) is 0 Å². The van der Waals surface area contributed by atoms with E-state index in [2.05, 4.69) is 30.4 Å². The maximum atomic E-state index is 11.9. The second-order valence-electron chi connectivity index (χ2n) is 8.98. The number of carbonyl (C=O) groups is 1. The number of likely N-dealkylation sites (tertiary alicyclic amines) is 1. The van der Waals surface area contributed by atoms with Crippen LogP contribution in [0.4, 0.5) is 11.5 Å². The third-order valence-electron chi connectivity index (χ3n) is 5.77. The zero-order valence-corrected chi connectivity index (χ0v) is 21.0. The van der Waals surface area contributed by atoms with E-state index in [4.69, 9.17) is 9.57 Å². The van der Waals surface area contributed by atoms with Gasteiger partial charge in [-0.2, -0.15) is 0 Å². The summed E-state index contributed by atoms with van der Waals surface area (Å²) < 4.78 is 30.9. The topological polar surface area (TPSA) is 135 Å². The van der Waals surface area contributed by atoms with Gasteiger partial charge in [0.25, 0.3) is 5.91 Å². The molecule has 3 heterocycles. The SMILES string of the molecule is CS(=O)(=O)Nc1cccc(CN2CC[C@@H](Nc3cnc(C=CC(=O)NOC4CCCCO4)cn3)C2)c1. The molecule has 1 aromatic heterocycles. The predicted molar refractivity (Wildman–Crippen MR) is 136 cm³/mol. The first kappa shape index (κ1) is 26.0. The van der Waals surface area contributed by atoms with Gasteiger partial charge in [-0.25, -0.2) is 23.7 Å². The third kappa shape index (κ3) is 8.55. The quantitative estimate of drug-likeness (QED) is 0.321. The number of amides is 1. The van der Waals surface area contributed by atoms with Crippen molar-refractivity contribution in [1.82, 2.24) is 20.3 Å². The van der Waals surface area contributed by atoms with Crippen molar-refractivity contribution < 1.29 is 22.8 Å². The minimum absolute atomic E-state index is 0.225. The number of hydrogen-bond acceptors (Lipinski definition) is 9. The van der Waals surface area contributed by atoms with E-state index < -0.39 is 22.2 Å². The predicted octanol–water partition coefficient (Wildman–Crippen LogP) is 2.12. The molecule has 194 valence electrons. The van der Waals surface area contributed by atoms with Gasteiger partial charge in [-0.05, 0) is 43.0 Å². The molecule has 0 radical (unpaired) electrons. The van der Waals surface area contributed by atoms with Gasteiger partial charge < -0.3 is 10.1 Å². The second kappa shape index (κ2) is 12.3. The van der Waals surface area contributed by atoms with Crippen molar-refractivity contribution in [2.45, 2.75) is 44.6 Å². The molecule has 2 saturated heterocycles. The van der Waals surface area contributed by atoms with Crippen molar-refractivity contribution in [3.63, 3.8) is 0 Å². The Hall–Kier alpha value is -3.06. The fourth-order valence-electron chi connectivity index (χ4n) is 4.13. The monoisotopic (exact) mass is 516 g/mol. The molecule has 2 atom stereocenters. The molecule has 36 heavy (non-hydrogen) atoms. The van der Waals surface area contributed by atoms with Crippen LogP contribution in [0.1, 0.15) is 36.9 Å². The second-order valence-corrected chi connectivity index (χ2v) is 10.7. The highest BCUT2D eigenvalue weighted by atomic mass is 32.2. The molecule has 1 aromatic carbocycles. The summed E-state index contributed by atoms with van der Waals surface area (Å²) in [5, 5.41) is 3.40. The van der Waals surface area contributed by atoms with E-state index >= 15 is 0 Å². The van der Waals surface area contributed by atoms with E-state index in [1.165, 1.54) is 6.08 Å². The number of ether oxygens (including phenoxy) is 1. The van der Waals surface area contributed by atoms with Crippen LogP contribution in [0.3, 0.4) is 0 Å². The molecule has 2 aromatic rings. The van der Waals surface area contributed by atoms with Crippen molar-refractivity contribution in [1.29, 1.82) is 0 Å². The van der Waals surface area contributed by atoms with Crippen LogP contribution >= 0.6 is 0 Å². The molecule has 2 fully saturated rings. The molecule has 1 amide bonds. The lowest BCUT2D eigenvalue weighted by atomic mass is 10.2. The molecule has 2 aliphatic rings. The number of hydroxylamine groups is 1. The smallest absolute Gasteiger partial charge is 0.267 e. The zero-order chi connectivity index (χ0) is 25.4. The number of rotatable bonds is 10. The molecule has 4 rings (SSSR count). The summed E-state index contributed by atoms with van der Waals surface area (Å²) >= 11 is 0. The van der Waals surface area contributed by atoms with Gasteiger partial charge in [0.05, 0.1) is 24.3 Å². The molecular formula is C24H32N6O5S. The van der Waals surface area contributed by atoms with Crippen molar-refractivity contribution in [2.75, 3.05) is 36.0 Å². The summed E-state index contributed by atoms with van der Waals surface area (Å²) in [6, 6.07) is 7.66. The standard InChI is InChI=1S/C24H32N6O5S/c1-36(32,33)29-19-6-4-5-18(13-19)16-30-11-10-21(17-30)27-22-15-25-20(14-26-22)8-9-23(31)28-35-24-7-2-3-12-34-24/h4-6,8-9,13-15,21,24,29H,2-3,7,10-12,16-17H2,1H3,(H,26,27)(H,28,31)/t21-,24?/m1/s1. The zero-order valence-electron chi connectivity index (χ0n) is 20.2. The molecule has 0 saturated carbocycles. The van der Waals surface area contributed by atoms with Gasteiger partial charge >= 0.3 is 0 Å². The summed E-state index contributed by atoms with van der Waals surface area (Å²) in [6.07, 6.45) is 10.7. The summed E-state index contributed by atoms with van der Waals surface area (Å²) in [5.74, 6) is 0.275. The molecule has 11 nitrogen and oxygen atoms in total. The Kier molecular flexibility index (Phi) is 8.86. The van der Waals surface area contributed by atoms with E-state index in [9.17, 15) is 13.2 Å². The highest BCUT2D eigenvalue weighted by molar-refractivity contribution is 7.92. The molecule has 0 spiro atoms. The molecule has 3 N–H and O–H groups in total. The third-order valence-corrected chi connectivity index (χ3v) is 6.37. The number of hydrogen-bond donors (Lipinski definition) is 3. The molecule has 2 aliphatic heterocycles. The number of benzene rings is 1. The highest BCUT2D eigenvalue weighted by Gasteiger charge is 2.23. The van der Waals surface area contributed by atoms with Crippen LogP contribution in [0.5, 0.6) is 0 Å². The fraction of sp³-hybridized carbons (Fsp3) is 0.458. The molecule has 0 aliphatic carbocycles. The van der Waals surface area contributed by atoms with E-state index in [0.717, 1.165) is 57.1 Å². The molecule has 12 heteroatoms. The van der Waals surface area contributed by atoms with Crippen molar-refractivity contribution in [3.8, 4) is 0 Å². The Labute approximate surface area is 211 Å². The van der Waals surface area contributed by atoms with Crippen LogP contribution in [-0.4, -0.2) is 67.5 Å². The molecule has 1 unspecified atom stereocenters. The van der Waals surface area contributed by atoms with Crippen LogP contribution < -0.4 is 15.5 Å². The average Bonchev–Trinajstić information content (AvgIpc) is 3.28. The number of anilines is 2. The molecular weight excluding hydrogens is 484 g/mol. The van der Waals surface area contributed by atoms with Crippen LogP contribution in [-0.2, 0) is 30.9 Å². The number of nitrogens with one attached hydrogen (secondary N) is 3. The maximum Gasteiger partial charge on any atom is 0.267 e. The van der Waals surface area contributed by atoms with Crippen LogP contribution in [0.15, 0.2) is 42.7 Å². The lowest BCUT2D eigenvalue weighted by Crippen LogP contribution is -2.32. The summed E-state index contributed by atoms with van der Waals surface area (Å²) in [6.45, 7) is 3.12. The number of aromatic nitrogens is 2. The van der Waals surface area contributed by atoms with Gasteiger partial charge in [0, 0.05) is 50.5 Å². The van der Waals surface area contributed by atoms with Gasteiger partial charge in [-0.1, -0.05) is 12.1 Å². The van der Waals surface area contributed by atoms with E-state index in [0.29, 0.717) is 23.8 Å². The van der Waals surface area contributed by atoms with Crippen LogP contribution in [0.2, 0.25) is 0 Å². The van der Waals surface area contributed by atoms with Gasteiger partial charge in [-0.3, -0.25) is 19.4 Å². The number of nitrogens with zero attached hydrogens (tertiary/aromatic N) is 3. The van der Waals surface area contributed by atoms with Gasteiger partial charge in [-0.15, -0.1) is 0 Å². The summed E-state index contributed by atoms with van der Waals surface area (Å²) in [5.41, 5.74) is 4.53. The first-order valence-electron chi connectivity index (χ1n) is 12.0. The first-order chi connectivity index (χ1) is 17.3. The minimum Gasteiger partial charge on any atom is -0.365 e. The summed E-state index contributed by atoms with van der Waals surface area (Å²) in [7, 11) is -3.30. The van der Waals surface area contributed by atoms with Crippen molar-refractivity contribution in [3.05, 3.63) is 54.0 Å². The Morgan fingerprint density at radius 2 is 2.14 bits per heavy atom. The fourth-order valence-corrected chi connectivity index (χ4v) is 4.69. The van der Waals surface area contributed by atoms with Gasteiger partial charge in [0.1, 0.15) is 5.82 Å². The Bertz CT molecular complexity index is 1150. The van der Waals surface area contributed by atoms with Crippen LogP contribution in [0, 0.1) is 0 Å². The minimum atomic E-state index is -3.30. The molecule has 0 bridgehead atoms. The van der Waals surface area contributed by atoms with Gasteiger partial charge in [0.2, 0.25) is 10.0 Å². The summed E-state index contributed by atoms with van der Waals surface area (Å²) in [4.78, 5) is 28.2. The lowest BCUT2D eigenvalue weighted by Gasteiger charge is -2.21. The highest BCUT2D eigenvalue weighted by Crippen LogP contribution is 2.19. The van der Waals surface area contributed by atoms with E-state index in [1.807, 2.05) is 18.2 Å².